The van der Waals surface area contributed by atoms with E-state index in [2.05, 4.69) is 5.32 Å². The number of aliphatic hydroxyl groups excluding tert-OH is 1. The van der Waals surface area contributed by atoms with E-state index in [1.165, 1.54) is 0 Å². The maximum absolute atomic E-state index is 10.3. The van der Waals surface area contributed by atoms with Crippen molar-refractivity contribution in [3.63, 3.8) is 0 Å². The Kier molecular flexibility index (Phi) is 4.52. The summed E-state index contributed by atoms with van der Waals surface area (Å²) in [6.45, 7) is 2.72. The van der Waals surface area contributed by atoms with Crippen LogP contribution in [0.4, 0.5) is 0 Å². The molecule has 0 fully saturated rings. The largest absolute Gasteiger partial charge is 0.454 e. The molecule has 2 aromatic rings. The maximum Gasteiger partial charge on any atom is 0.231 e. The SMILES string of the molecule is CC(NCC(O)c1ccccc1Cl)c1ccc2c(c1)OCO2. The number of halogens is 1. The predicted octanol–water partition coefficient (Wildman–Crippen LogP) is 3.45. The van der Waals surface area contributed by atoms with Crippen molar-refractivity contribution in [3.05, 3.63) is 58.6 Å². The second-order valence-electron chi connectivity index (χ2n) is 5.28. The highest BCUT2D eigenvalue weighted by atomic mass is 35.5. The third-order valence-corrected chi connectivity index (χ3v) is 4.12. The van der Waals surface area contributed by atoms with Gasteiger partial charge >= 0.3 is 0 Å². The fourth-order valence-corrected chi connectivity index (χ4v) is 2.71. The van der Waals surface area contributed by atoms with E-state index in [9.17, 15) is 5.11 Å². The minimum absolute atomic E-state index is 0.0756. The van der Waals surface area contributed by atoms with Crippen LogP contribution < -0.4 is 14.8 Å². The topological polar surface area (TPSA) is 50.7 Å². The van der Waals surface area contributed by atoms with Crippen molar-refractivity contribution in [2.75, 3.05) is 13.3 Å². The zero-order valence-electron chi connectivity index (χ0n) is 12.3. The summed E-state index contributed by atoms with van der Waals surface area (Å²) in [5, 5.41) is 14.1. The molecule has 1 heterocycles. The molecular formula is C17H18ClNO3. The van der Waals surface area contributed by atoms with Gasteiger partial charge in [0, 0.05) is 23.2 Å². The minimum atomic E-state index is -0.648. The van der Waals surface area contributed by atoms with Crippen molar-refractivity contribution in [1.82, 2.24) is 5.32 Å². The Hall–Kier alpha value is -1.75. The predicted molar refractivity (Wildman–Crippen MR) is 85.4 cm³/mol. The molecule has 5 heteroatoms. The van der Waals surface area contributed by atoms with Crippen molar-refractivity contribution in [2.24, 2.45) is 0 Å². The molecule has 0 saturated heterocycles. The summed E-state index contributed by atoms with van der Waals surface area (Å²) in [5.74, 6) is 1.53. The molecule has 0 amide bonds. The molecule has 0 aromatic heterocycles. The molecule has 22 heavy (non-hydrogen) atoms. The number of ether oxygens (including phenoxy) is 2. The molecule has 0 radical (unpaired) electrons. The highest BCUT2D eigenvalue weighted by Gasteiger charge is 2.17. The van der Waals surface area contributed by atoms with Gasteiger partial charge in [0.05, 0.1) is 6.10 Å². The molecule has 0 aliphatic carbocycles. The van der Waals surface area contributed by atoms with Crippen LogP contribution in [0.2, 0.25) is 5.02 Å². The molecule has 2 atom stereocenters. The smallest absolute Gasteiger partial charge is 0.231 e. The highest BCUT2D eigenvalue weighted by molar-refractivity contribution is 6.31. The monoisotopic (exact) mass is 319 g/mol. The number of hydrogen-bond acceptors (Lipinski definition) is 4. The lowest BCUT2D eigenvalue weighted by molar-refractivity contribution is 0.171. The van der Waals surface area contributed by atoms with Crippen LogP contribution in [0, 0.1) is 0 Å². The molecule has 1 aliphatic rings. The molecule has 0 saturated carbocycles. The number of hydrogen-bond donors (Lipinski definition) is 2. The van der Waals surface area contributed by atoms with Gasteiger partial charge in [-0.3, -0.25) is 0 Å². The molecule has 0 bridgehead atoms. The van der Waals surface area contributed by atoms with Crippen LogP contribution in [-0.4, -0.2) is 18.4 Å². The Labute approximate surface area is 134 Å². The summed E-state index contributed by atoms with van der Waals surface area (Å²) in [5.41, 5.74) is 1.81. The maximum atomic E-state index is 10.3. The first kappa shape index (κ1) is 15.2. The normalized spacial score (nSPS) is 15.6. The Bertz CT molecular complexity index is 662. The van der Waals surface area contributed by atoms with E-state index in [0.29, 0.717) is 11.6 Å². The van der Waals surface area contributed by atoms with E-state index < -0.39 is 6.10 Å². The lowest BCUT2D eigenvalue weighted by Gasteiger charge is -2.18. The number of aliphatic hydroxyl groups is 1. The number of rotatable bonds is 5. The molecule has 2 aromatic carbocycles. The Morgan fingerprint density at radius 3 is 2.77 bits per heavy atom. The van der Waals surface area contributed by atoms with Crippen LogP contribution in [0.25, 0.3) is 0 Å². The van der Waals surface area contributed by atoms with Crippen LogP contribution in [0.15, 0.2) is 42.5 Å². The van der Waals surface area contributed by atoms with Gasteiger partial charge in [0.1, 0.15) is 0 Å². The van der Waals surface area contributed by atoms with Gasteiger partial charge in [0.25, 0.3) is 0 Å². The van der Waals surface area contributed by atoms with Crippen LogP contribution in [0.1, 0.15) is 30.2 Å². The van der Waals surface area contributed by atoms with Gasteiger partial charge in [-0.05, 0) is 30.7 Å². The molecule has 2 unspecified atom stereocenters. The summed E-state index contributed by atoms with van der Waals surface area (Å²) in [6.07, 6.45) is -0.648. The van der Waals surface area contributed by atoms with Crippen molar-refractivity contribution < 1.29 is 14.6 Å². The lowest BCUT2D eigenvalue weighted by Crippen LogP contribution is -2.24. The van der Waals surface area contributed by atoms with E-state index in [0.717, 1.165) is 22.6 Å². The minimum Gasteiger partial charge on any atom is -0.454 e. The zero-order chi connectivity index (χ0) is 15.5. The van der Waals surface area contributed by atoms with Crippen LogP contribution in [-0.2, 0) is 0 Å². The van der Waals surface area contributed by atoms with Crippen molar-refractivity contribution in [3.8, 4) is 11.5 Å². The fourth-order valence-electron chi connectivity index (χ4n) is 2.44. The molecule has 1 aliphatic heterocycles. The molecule has 116 valence electrons. The van der Waals surface area contributed by atoms with Gasteiger partial charge in [0.15, 0.2) is 11.5 Å². The quantitative estimate of drug-likeness (QED) is 0.886. The fraction of sp³-hybridized carbons (Fsp3) is 0.294. The van der Waals surface area contributed by atoms with Gasteiger partial charge < -0.3 is 19.9 Å². The van der Waals surface area contributed by atoms with Gasteiger partial charge in [-0.2, -0.15) is 0 Å². The van der Waals surface area contributed by atoms with E-state index in [4.69, 9.17) is 21.1 Å². The number of fused-ring (bicyclic) bond motifs is 1. The number of benzene rings is 2. The van der Waals surface area contributed by atoms with Gasteiger partial charge in [-0.15, -0.1) is 0 Å². The van der Waals surface area contributed by atoms with Gasteiger partial charge in [-0.1, -0.05) is 35.9 Å². The average molecular weight is 320 g/mol. The summed E-state index contributed by atoms with van der Waals surface area (Å²) in [6, 6.07) is 13.3. The summed E-state index contributed by atoms with van der Waals surface area (Å²) in [7, 11) is 0. The Morgan fingerprint density at radius 2 is 1.95 bits per heavy atom. The lowest BCUT2D eigenvalue weighted by atomic mass is 10.1. The third kappa shape index (κ3) is 3.19. The van der Waals surface area contributed by atoms with E-state index in [-0.39, 0.29) is 12.8 Å². The molecular weight excluding hydrogens is 302 g/mol. The first-order valence-corrected chi connectivity index (χ1v) is 7.58. The van der Waals surface area contributed by atoms with Crippen LogP contribution in [0.3, 0.4) is 0 Å². The molecule has 4 nitrogen and oxygen atoms in total. The van der Waals surface area contributed by atoms with E-state index >= 15 is 0 Å². The summed E-state index contributed by atoms with van der Waals surface area (Å²) >= 11 is 6.10. The number of nitrogens with one attached hydrogen (secondary N) is 1. The van der Waals surface area contributed by atoms with Crippen LogP contribution in [0.5, 0.6) is 11.5 Å². The first-order chi connectivity index (χ1) is 10.6. The summed E-state index contributed by atoms with van der Waals surface area (Å²) < 4.78 is 10.7. The van der Waals surface area contributed by atoms with Gasteiger partial charge in [0.2, 0.25) is 6.79 Å². The average Bonchev–Trinajstić information content (AvgIpc) is 3.00. The van der Waals surface area contributed by atoms with Crippen molar-refractivity contribution in [1.29, 1.82) is 0 Å². The summed E-state index contributed by atoms with van der Waals surface area (Å²) in [4.78, 5) is 0. The van der Waals surface area contributed by atoms with Crippen molar-refractivity contribution >= 4 is 11.6 Å². The Morgan fingerprint density at radius 1 is 1.18 bits per heavy atom. The first-order valence-electron chi connectivity index (χ1n) is 7.20. The second-order valence-corrected chi connectivity index (χ2v) is 5.69. The highest BCUT2D eigenvalue weighted by Crippen LogP contribution is 2.34. The standard InChI is InChI=1S/C17H18ClNO3/c1-11(12-6-7-16-17(8-12)22-10-21-16)19-9-15(20)13-4-2-3-5-14(13)18/h2-8,11,15,19-20H,9-10H2,1H3. The molecule has 3 rings (SSSR count). The third-order valence-electron chi connectivity index (χ3n) is 3.78. The Balaban J connectivity index is 1.62. The van der Waals surface area contributed by atoms with Crippen LogP contribution >= 0.6 is 11.6 Å². The van der Waals surface area contributed by atoms with E-state index in [1.54, 1.807) is 6.07 Å². The second kappa shape index (κ2) is 6.57. The van der Waals surface area contributed by atoms with E-state index in [1.807, 2.05) is 43.3 Å². The molecule has 0 spiro atoms. The molecule has 2 N–H and O–H groups in total. The van der Waals surface area contributed by atoms with Crippen molar-refractivity contribution in [2.45, 2.75) is 19.1 Å². The van der Waals surface area contributed by atoms with Gasteiger partial charge in [-0.25, -0.2) is 0 Å². The zero-order valence-corrected chi connectivity index (χ0v) is 13.0.